The van der Waals surface area contributed by atoms with Crippen LogP contribution in [0.4, 0.5) is 5.82 Å². The molecule has 1 aromatic carbocycles. The van der Waals surface area contributed by atoms with E-state index in [-0.39, 0.29) is 23.4 Å². The van der Waals surface area contributed by atoms with Gasteiger partial charge in [-0.25, -0.2) is 15.0 Å². The van der Waals surface area contributed by atoms with Crippen LogP contribution in [0.3, 0.4) is 0 Å². The number of hydrogen-bond acceptors (Lipinski definition) is 9. The Balaban J connectivity index is 1.29. The average molecular weight is 577 g/mol. The highest BCUT2D eigenvalue weighted by Gasteiger charge is 2.29. The number of carbonyl (C=O) groups excluding carboxylic acids is 1. The molecule has 1 amide bonds. The molecule has 5 N–H and O–H groups in total. The number of phenolic OH excluding ortho intramolecular Hbond substituents is 2. The Kier molecular flexibility index (Phi) is 7.54. The largest absolute Gasteiger partial charge is 0.504 e. The monoisotopic (exact) mass is 575 g/mol. The van der Waals surface area contributed by atoms with Crippen molar-refractivity contribution in [1.29, 1.82) is 0 Å². The molecule has 0 radical (unpaired) electrons. The van der Waals surface area contributed by atoms with Gasteiger partial charge in [-0.2, -0.15) is 0 Å². The number of fused-ring (bicyclic) bond motifs is 1. The van der Waals surface area contributed by atoms with Crippen molar-refractivity contribution in [2.24, 2.45) is 5.92 Å². The van der Waals surface area contributed by atoms with E-state index < -0.39 is 0 Å². The first-order chi connectivity index (χ1) is 17.4. The number of aryl methyl sites for hydroxylation is 1. The van der Waals surface area contributed by atoms with Crippen LogP contribution in [0.2, 0.25) is 0 Å². The third-order valence-corrected chi connectivity index (χ3v) is 9.02. The van der Waals surface area contributed by atoms with Gasteiger partial charge >= 0.3 is 0 Å². The Morgan fingerprint density at radius 2 is 1.94 bits per heavy atom. The number of nitrogens with one attached hydrogen (secondary N) is 1. The van der Waals surface area contributed by atoms with E-state index in [9.17, 15) is 15.0 Å². The van der Waals surface area contributed by atoms with Crippen LogP contribution in [-0.4, -0.2) is 66.2 Å². The van der Waals surface area contributed by atoms with Gasteiger partial charge in [-0.15, -0.1) is 0 Å². The lowest BCUT2D eigenvalue weighted by Crippen LogP contribution is -2.50. The summed E-state index contributed by atoms with van der Waals surface area (Å²) in [6.07, 6.45) is 7.52. The Hall–Kier alpha value is -2.57. The zero-order valence-corrected chi connectivity index (χ0v) is 22.3. The molecule has 1 unspecified atom stereocenters. The van der Waals surface area contributed by atoms with Gasteiger partial charge in [-0.05, 0) is 72.6 Å². The number of hydrogen-bond donors (Lipinski definition) is 4. The fourth-order valence-electron chi connectivity index (χ4n) is 4.96. The van der Waals surface area contributed by atoms with E-state index in [1.807, 2.05) is 9.47 Å². The van der Waals surface area contributed by atoms with Crippen LogP contribution in [0.25, 0.3) is 11.2 Å². The van der Waals surface area contributed by atoms with Crippen molar-refractivity contribution in [1.82, 2.24) is 29.7 Å². The molecule has 36 heavy (non-hydrogen) atoms. The lowest BCUT2D eigenvalue weighted by atomic mass is 9.92. The fourth-order valence-corrected chi connectivity index (χ4v) is 6.48. The van der Waals surface area contributed by atoms with Gasteiger partial charge in [0, 0.05) is 29.0 Å². The predicted octanol–water partition coefficient (Wildman–Crippen LogP) is 3.50. The average Bonchev–Trinajstić information content (AvgIpc) is 3.24. The summed E-state index contributed by atoms with van der Waals surface area (Å²) < 4.78 is 2.68. The molecule has 5 rings (SSSR count). The van der Waals surface area contributed by atoms with Gasteiger partial charge in [0.1, 0.15) is 6.33 Å². The Labute approximate surface area is 221 Å². The van der Waals surface area contributed by atoms with E-state index in [4.69, 9.17) is 10.7 Å². The van der Waals surface area contributed by atoms with Crippen LogP contribution < -0.4 is 11.1 Å². The van der Waals surface area contributed by atoms with Crippen molar-refractivity contribution in [2.75, 3.05) is 25.4 Å². The molecule has 2 aliphatic heterocycles. The molecular weight excluding hydrogens is 546 g/mol. The first-order valence-electron chi connectivity index (χ1n) is 12.3. The number of nitrogens with zero attached hydrogens (tertiary/aromatic N) is 5. The first kappa shape index (κ1) is 25.1. The summed E-state index contributed by atoms with van der Waals surface area (Å²) in [5.41, 5.74) is 7.30. The smallest absolute Gasteiger partial charge is 0.239 e. The van der Waals surface area contributed by atoms with Gasteiger partial charge in [0.25, 0.3) is 0 Å². The Morgan fingerprint density at radius 1 is 1.17 bits per heavy atom. The molecule has 3 aromatic rings. The summed E-state index contributed by atoms with van der Waals surface area (Å²) in [6.45, 7) is 3.21. The number of benzene rings is 1. The minimum Gasteiger partial charge on any atom is -0.504 e. The third kappa shape index (κ3) is 5.25. The number of phenols is 2. The molecule has 1 atom stereocenters. The highest BCUT2D eigenvalue weighted by atomic mass is 79.9. The lowest BCUT2D eigenvalue weighted by Gasteiger charge is -2.35. The number of piperidine rings is 2. The van der Waals surface area contributed by atoms with Crippen LogP contribution in [0, 0.1) is 5.92 Å². The van der Waals surface area contributed by atoms with Gasteiger partial charge in [-0.3, -0.25) is 4.79 Å². The van der Waals surface area contributed by atoms with E-state index in [2.05, 4.69) is 31.2 Å². The molecule has 0 aliphatic carbocycles. The zero-order valence-electron chi connectivity index (χ0n) is 19.9. The van der Waals surface area contributed by atoms with Crippen molar-refractivity contribution in [3.63, 3.8) is 0 Å². The molecule has 2 aliphatic rings. The van der Waals surface area contributed by atoms with Crippen molar-refractivity contribution in [3.8, 4) is 11.5 Å². The van der Waals surface area contributed by atoms with Crippen LogP contribution in [0.5, 0.6) is 11.5 Å². The molecule has 2 aromatic heterocycles. The van der Waals surface area contributed by atoms with E-state index in [1.165, 1.54) is 30.2 Å². The highest BCUT2D eigenvalue weighted by Crippen LogP contribution is 2.40. The van der Waals surface area contributed by atoms with Crippen LogP contribution >= 0.6 is 27.7 Å². The first-order valence-corrected chi connectivity index (χ1v) is 13.9. The SMILES string of the molecule is Nc1ncnc2c1nc(Sc1cc(O)c(O)cc1Br)n2CCC1CCN(C(=O)C2CCCCN2)CC1. The fraction of sp³-hybridized carbons (Fsp3) is 0.500. The second-order valence-electron chi connectivity index (χ2n) is 9.41. The Morgan fingerprint density at radius 3 is 2.69 bits per heavy atom. The number of aromatic hydroxyl groups is 2. The second-order valence-corrected chi connectivity index (χ2v) is 11.3. The topological polar surface area (TPSA) is 142 Å². The summed E-state index contributed by atoms with van der Waals surface area (Å²) >= 11 is 4.81. The van der Waals surface area contributed by atoms with E-state index in [0.29, 0.717) is 44.0 Å². The van der Waals surface area contributed by atoms with Gasteiger partial charge in [-0.1, -0.05) is 18.2 Å². The number of likely N-dealkylation sites (tertiary alicyclic amines) is 1. The molecule has 0 bridgehead atoms. The zero-order chi connectivity index (χ0) is 25.2. The standard InChI is InChI=1S/C24H30BrN7O3S/c25-15-11-17(33)18(34)12-19(15)36-24-30-20-21(26)28-13-29-22(20)32(24)10-6-14-4-8-31(9-5-14)23(35)16-3-1-2-7-27-16/h11-14,16,27,33-34H,1-10H2,(H2,26,28,29). The molecule has 2 fully saturated rings. The highest BCUT2D eigenvalue weighted by molar-refractivity contribution is 9.10. The molecular formula is C24H30BrN7O3S. The third-order valence-electron chi connectivity index (χ3n) is 7.05. The Bertz CT molecular complexity index is 1260. The molecule has 4 heterocycles. The number of carbonyl (C=O) groups is 1. The summed E-state index contributed by atoms with van der Waals surface area (Å²) in [6, 6.07) is 2.93. The molecule has 192 valence electrons. The summed E-state index contributed by atoms with van der Waals surface area (Å²) in [5.74, 6) is 0.664. The second kappa shape index (κ2) is 10.8. The van der Waals surface area contributed by atoms with Crippen LogP contribution in [0.1, 0.15) is 38.5 Å². The number of aromatic nitrogens is 4. The van der Waals surface area contributed by atoms with Crippen molar-refractivity contribution >= 4 is 50.6 Å². The van der Waals surface area contributed by atoms with Crippen molar-refractivity contribution < 1.29 is 15.0 Å². The number of imidazole rings is 1. The van der Waals surface area contributed by atoms with Gasteiger partial charge in [0.15, 0.2) is 33.6 Å². The van der Waals surface area contributed by atoms with E-state index >= 15 is 0 Å². The van der Waals surface area contributed by atoms with Crippen molar-refractivity contribution in [2.45, 2.75) is 61.2 Å². The summed E-state index contributed by atoms with van der Waals surface area (Å²) in [4.78, 5) is 28.8. The van der Waals surface area contributed by atoms with Crippen LogP contribution in [0.15, 0.2) is 33.0 Å². The maximum absolute atomic E-state index is 12.9. The van der Waals surface area contributed by atoms with Crippen molar-refractivity contribution in [3.05, 3.63) is 22.9 Å². The number of anilines is 1. The lowest BCUT2D eigenvalue weighted by molar-refractivity contribution is -0.135. The van der Waals surface area contributed by atoms with Gasteiger partial charge in [0.05, 0.1) is 6.04 Å². The number of halogens is 1. The maximum Gasteiger partial charge on any atom is 0.239 e. The van der Waals surface area contributed by atoms with E-state index in [1.54, 1.807) is 0 Å². The minimum absolute atomic E-state index is 0.0176. The quantitative estimate of drug-likeness (QED) is 0.324. The molecule has 0 spiro atoms. The number of amides is 1. The number of rotatable bonds is 6. The summed E-state index contributed by atoms with van der Waals surface area (Å²) in [7, 11) is 0. The van der Waals surface area contributed by atoms with E-state index in [0.717, 1.165) is 58.2 Å². The van der Waals surface area contributed by atoms with Gasteiger partial charge < -0.3 is 30.7 Å². The number of nitrogens with two attached hydrogens (primary N) is 1. The minimum atomic E-state index is -0.201. The molecule has 2 saturated heterocycles. The van der Waals surface area contributed by atoms with Gasteiger partial charge in [0.2, 0.25) is 5.91 Å². The van der Waals surface area contributed by atoms with Crippen LogP contribution in [-0.2, 0) is 11.3 Å². The predicted molar refractivity (Wildman–Crippen MR) is 141 cm³/mol. The number of nitrogen functional groups attached to an aromatic ring is 1. The maximum atomic E-state index is 12.9. The summed E-state index contributed by atoms with van der Waals surface area (Å²) in [5, 5.41) is 23.8. The molecule has 12 heteroatoms. The normalized spacial score (nSPS) is 19.1. The molecule has 10 nitrogen and oxygen atoms in total. The molecule has 0 saturated carbocycles.